The van der Waals surface area contributed by atoms with Crippen LogP contribution in [-0.4, -0.2) is 41.3 Å². The zero-order valence-electron chi connectivity index (χ0n) is 16.7. The summed E-state index contributed by atoms with van der Waals surface area (Å²) >= 11 is 12.0. The second kappa shape index (κ2) is 8.65. The number of halogens is 2. The lowest BCUT2D eigenvalue weighted by Gasteiger charge is -2.27. The van der Waals surface area contributed by atoms with Gasteiger partial charge in [-0.3, -0.25) is 14.5 Å². The molecule has 2 aromatic rings. The molecule has 3 rings (SSSR count). The fourth-order valence-electron chi connectivity index (χ4n) is 3.09. The zero-order valence-corrected chi connectivity index (χ0v) is 18.2. The van der Waals surface area contributed by atoms with Crippen molar-refractivity contribution in [1.82, 2.24) is 10.3 Å². The van der Waals surface area contributed by atoms with Crippen molar-refractivity contribution < 1.29 is 18.7 Å². The standard InChI is InChI=1S/C20H21Cl2N3O5/c1-20(2,3)30-19(28)25-6-4-5-15(25)18(27)24-23-9-11-10-29-17-13(16(11)26)7-12(21)8-14(17)22/h7-10,15H,4-6H2,1-3H3,(H,24,27)/t15-/m0/s1. The smallest absolute Gasteiger partial charge is 0.410 e. The van der Waals surface area contributed by atoms with Gasteiger partial charge in [0.2, 0.25) is 5.43 Å². The number of nitrogens with one attached hydrogen (secondary N) is 1. The number of carbonyl (C=O) groups excluding carboxylic acids is 2. The van der Waals surface area contributed by atoms with Crippen LogP contribution in [0.5, 0.6) is 0 Å². The first-order valence-corrected chi connectivity index (χ1v) is 10.1. The molecule has 30 heavy (non-hydrogen) atoms. The minimum atomic E-state index is -0.692. The Morgan fingerprint density at radius 2 is 2.07 bits per heavy atom. The molecule has 0 spiro atoms. The van der Waals surface area contributed by atoms with Gasteiger partial charge in [0.05, 0.1) is 22.2 Å². The van der Waals surface area contributed by atoms with Crippen LogP contribution in [0, 0.1) is 0 Å². The fourth-order valence-corrected chi connectivity index (χ4v) is 3.63. The molecular weight excluding hydrogens is 433 g/mol. The van der Waals surface area contributed by atoms with Gasteiger partial charge >= 0.3 is 6.09 Å². The third-order valence-corrected chi connectivity index (χ3v) is 4.88. The molecule has 1 atom stereocenters. The van der Waals surface area contributed by atoms with E-state index in [9.17, 15) is 14.4 Å². The Morgan fingerprint density at radius 3 is 2.77 bits per heavy atom. The van der Waals surface area contributed by atoms with Gasteiger partial charge in [0.1, 0.15) is 17.9 Å². The van der Waals surface area contributed by atoms with Crippen molar-refractivity contribution in [3.05, 3.63) is 44.2 Å². The van der Waals surface area contributed by atoms with Crippen LogP contribution >= 0.6 is 23.2 Å². The van der Waals surface area contributed by atoms with E-state index in [1.165, 1.54) is 29.5 Å². The quantitative estimate of drug-likeness (QED) is 0.559. The van der Waals surface area contributed by atoms with E-state index in [1.807, 2.05) is 0 Å². The number of hydrogen-bond acceptors (Lipinski definition) is 6. The highest BCUT2D eigenvalue weighted by Gasteiger charge is 2.36. The molecule has 8 nitrogen and oxygen atoms in total. The Balaban J connectivity index is 1.72. The van der Waals surface area contributed by atoms with Crippen molar-refractivity contribution in [2.75, 3.05) is 6.54 Å². The first kappa shape index (κ1) is 22.1. The molecule has 1 N–H and O–H groups in total. The second-order valence-corrected chi connectivity index (χ2v) is 8.69. The van der Waals surface area contributed by atoms with Gasteiger partial charge < -0.3 is 9.15 Å². The van der Waals surface area contributed by atoms with Crippen LogP contribution < -0.4 is 10.9 Å². The topological polar surface area (TPSA) is 101 Å². The maximum atomic E-state index is 12.6. The highest BCUT2D eigenvalue weighted by molar-refractivity contribution is 6.38. The molecule has 1 aromatic heterocycles. The number of ether oxygens (including phenoxy) is 1. The van der Waals surface area contributed by atoms with Gasteiger partial charge in [0.25, 0.3) is 5.91 Å². The van der Waals surface area contributed by atoms with Gasteiger partial charge in [0, 0.05) is 11.6 Å². The minimum absolute atomic E-state index is 0.108. The molecule has 2 heterocycles. The summed E-state index contributed by atoms with van der Waals surface area (Å²) < 4.78 is 10.7. The van der Waals surface area contributed by atoms with E-state index in [0.717, 1.165) is 0 Å². The van der Waals surface area contributed by atoms with E-state index in [0.29, 0.717) is 24.4 Å². The molecule has 2 amide bonds. The van der Waals surface area contributed by atoms with Gasteiger partial charge in [-0.25, -0.2) is 10.2 Å². The maximum absolute atomic E-state index is 12.6. The highest BCUT2D eigenvalue weighted by atomic mass is 35.5. The third kappa shape index (κ3) is 4.94. The van der Waals surface area contributed by atoms with Crippen LogP contribution in [0.2, 0.25) is 10.0 Å². The van der Waals surface area contributed by atoms with E-state index >= 15 is 0 Å². The molecule has 1 aliphatic rings. The van der Waals surface area contributed by atoms with Crippen LogP contribution in [0.25, 0.3) is 11.0 Å². The highest BCUT2D eigenvalue weighted by Crippen LogP contribution is 2.26. The first-order valence-electron chi connectivity index (χ1n) is 9.30. The molecule has 1 aliphatic heterocycles. The van der Waals surface area contributed by atoms with E-state index in [4.69, 9.17) is 32.4 Å². The number of fused-ring (bicyclic) bond motifs is 1. The maximum Gasteiger partial charge on any atom is 0.410 e. The van der Waals surface area contributed by atoms with E-state index in [-0.39, 0.29) is 21.6 Å². The summed E-state index contributed by atoms with van der Waals surface area (Å²) in [5.41, 5.74) is 1.64. The van der Waals surface area contributed by atoms with Crippen LogP contribution in [0.15, 0.2) is 32.7 Å². The molecule has 1 saturated heterocycles. The normalized spacial score (nSPS) is 17.0. The van der Waals surface area contributed by atoms with E-state index < -0.39 is 29.1 Å². The monoisotopic (exact) mass is 453 g/mol. The van der Waals surface area contributed by atoms with Crippen LogP contribution in [-0.2, 0) is 9.53 Å². The lowest BCUT2D eigenvalue weighted by molar-refractivity contribution is -0.125. The van der Waals surface area contributed by atoms with Gasteiger partial charge in [-0.15, -0.1) is 0 Å². The molecule has 0 saturated carbocycles. The predicted octanol–water partition coefficient (Wildman–Crippen LogP) is 3.95. The molecule has 0 aliphatic carbocycles. The number of nitrogens with zero attached hydrogens (tertiary/aromatic N) is 2. The predicted molar refractivity (Wildman–Crippen MR) is 114 cm³/mol. The second-order valence-electron chi connectivity index (χ2n) is 7.85. The summed E-state index contributed by atoms with van der Waals surface area (Å²) in [4.78, 5) is 38.8. The number of amides is 2. The molecule has 1 aromatic carbocycles. The molecular formula is C20H21Cl2N3O5. The Kier molecular flexibility index (Phi) is 6.38. The SMILES string of the molecule is CC(C)(C)OC(=O)N1CCC[C@H]1C(=O)NN=Cc1coc2c(Cl)cc(Cl)cc2c1=O. The van der Waals surface area contributed by atoms with Crippen molar-refractivity contribution in [1.29, 1.82) is 0 Å². The number of hydrogen-bond donors (Lipinski definition) is 1. The Hall–Kier alpha value is -2.58. The van der Waals surface area contributed by atoms with Crippen molar-refractivity contribution in [2.45, 2.75) is 45.3 Å². The molecule has 10 heteroatoms. The zero-order chi connectivity index (χ0) is 22.1. The third-order valence-electron chi connectivity index (χ3n) is 4.38. The summed E-state index contributed by atoms with van der Waals surface area (Å²) in [6.45, 7) is 5.70. The molecule has 1 fully saturated rings. The summed E-state index contributed by atoms with van der Waals surface area (Å²) in [5.74, 6) is -0.467. The summed E-state index contributed by atoms with van der Waals surface area (Å²) in [6, 6.07) is 2.23. The lowest BCUT2D eigenvalue weighted by Crippen LogP contribution is -2.46. The summed E-state index contributed by atoms with van der Waals surface area (Å²) in [5, 5.41) is 4.56. The van der Waals surface area contributed by atoms with Crippen molar-refractivity contribution >= 4 is 52.4 Å². The Morgan fingerprint density at radius 1 is 1.33 bits per heavy atom. The number of rotatable bonds is 3. The summed E-state index contributed by atoms with van der Waals surface area (Å²) in [7, 11) is 0. The van der Waals surface area contributed by atoms with Crippen LogP contribution in [0.4, 0.5) is 4.79 Å². The summed E-state index contributed by atoms with van der Waals surface area (Å²) in [6.07, 6.45) is 2.99. The number of carbonyl (C=O) groups is 2. The van der Waals surface area contributed by atoms with Gasteiger partial charge in [-0.05, 0) is 45.7 Å². The van der Waals surface area contributed by atoms with Crippen molar-refractivity contribution in [2.24, 2.45) is 5.10 Å². The number of likely N-dealkylation sites (tertiary alicyclic amines) is 1. The number of benzene rings is 1. The van der Waals surface area contributed by atoms with Crippen molar-refractivity contribution in [3.8, 4) is 0 Å². The van der Waals surface area contributed by atoms with Crippen LogP contribution in [0.3, 0.4) is 0 Å². The Bertz CT molecular complexity index is 1070. The van der Waals surface area contributed by atoms with Gasteiger partial charge in [0.15, 0.2) is 5.58 Å². The molecule has 160 valence electrons. The fraction of sp³-hybridized carbons (Fsp3) is 0.400. The largest absolute Gasteiger partial charge is 0.462 e. The van der Waals surface area contributed by atoms with Gasteiger partial charge in [-0.1, -0.05) is 23.2 Å². The van der Waals surface area contributed by atoms with Crippen molar-refractivity contribution in [3.63, 3.8) is 0 Å². The van der Waals surface area contributed by atoms with E-state index in [1.54, 1.807) is 20.8 Å². The minimum Gasteiger partial charge on any atom is -0.462 e. The van der Waals surface area contributed by atoms with Crippen LogP contribution in [0.1, 0.15) is 39.2 Å². The average molecular weight is 454 g/mol. The average Bonchev–Trinajstić information content (AvgIpc) is 3.12. The van der Waals surface area contributed by atoms with Gasteiger partial charge in [-0.2, -0.15) is 5.10 Å². The lowest BCUT2D eigenvalue weighted by atomic mass is 10.2. The Labute approximate surface area is 182 Å². The number of hydrazone groups is 1. The molecule has 0 radical (unpaired) electrons. The molecule has 0 bridgehead atoms. The molecule has 0 unspecified atom stereocenters. The first-order chi connectivity index (χ1) is 14.1. The van der Waals surface area contributed by atoms with E-state index in [2.05, 4.69) is 10.5 Å².